The molecule has 0 saturated heterocycles. The molecule has 0 aliphatic heterocycles. The number of benzene rings is 3. The SMILES string of the molecule is O=C(NCC1CC1)c1ccccc1NS(=O)(=O)c1cc(Cl)c(Oc2ccc([N+](=O)[O-])cc2Cl)c(Cl)c1. The Morgan fingerprint density at radius 3 is 2.31 bits per heavy atom. The average Bonchev–Trinajstić information content (AvgIpc) is 3.65. The van der Waals surface area contributed by atoms with Crippen molar-refractivity contribution in [2.75, 3.05) is 11.3 Å². The number of hydrogen-bond acceptors (Lipinski definition) is 6. The molecule has 0 bridgehead atoms. The lowest BCUT2D eigenvalue weighted by Crippen LogP contribution is -2.27. The molecular formula is C23H18Cl3N3O6S. The van der Waals surface area contributed by atoms with Gasteiger partial charge in [-0.1, -0.05) is 46.9 Å². The Morgan fingerprint density at radius 1 is 1.03 bits per heavy atom. The highest BCUT2D eigenvalue weighted by molar-refractivity contribution is 7.92. The highest BCUT2D eigenvalue weighted by Crippen LogP contribution is 2.41. The molecular weight excluding hydrogens is 553 g/mol. The largest absolute Gasteiger partial charge is 0.453 e. The van der Waals surface area contributed by atoms with E-state index in [1.54, 1.807) is 12.1 Å². The minimum absolute atomic E-state index is 0.0333. The fraction of sp³-hybridized carbons (Fsp3) is 0.174. The number of hydrogen-bond donors (Lipinski definition) is 2. The summed E-state index contributed by atoms with van der Waals surface area (Å²) in [5.41, 5.74) is 0.0290. The van der Waals surface area contributed by atoms with E-state index in [1.165, 1.54) is 24.3 Å². The number of nitro groups is 1. The molecule has 0 aromatic heterocycles. The van der Waals surface area contributed by atoms with Gasteiger partial charge in [-0.3, -0.25) is 19.6 Å². The van der Waals surface area contributed by atoms with Crippen LogP contribution in [0.4, 0.5) is 11.4 Å². The van der Waals surface area contributed by atoms with Crippen molar-refractivity contribution in [2.45, 2.75) is 17.7 Å². The van der Waals surface area contributed by atoms with Gasteiger partial charge in [0.25, 0.3) is 21.6 Å². The highest BCUT2D eigenvalue weighted by Gasteiger charge is 2.25. The van der Waals surface area contributed by atoms with E-state index in [4.69, 9.17) is 39.5 Å². The minimum atomic E-state index is -4.20. The normalized spacial score (nSPS) is 13.2. The van der Waals surface area contributed by atoms with E-state index < -0.39 is 14.9 Å². The molecule has 2 N–H and O–H groups in total. The van der Waals surface area contributed by atoms with Crippen LogP contribution in [0.2, 0.25) is 15.1 Å². The smallest absolute Gasteiger partial charge is 0.271 e. The van der Waals surface area contributed by atoms with Gasteiger partial charge in [0.15, 0.2) is 5.75 Å². The molecule has 13 heteroatoms. The van der Waals surface area contributed by atoms with Crippen LogP contribution >= 0.6 is 34.8 Å². The number of non-ortho nitro benzene ring substituents is 1. The lowest BCUT2D eigenvalue weighted by Gasteiger charge is -2.15. The minimum Gasteiger partial charge on any atom is -0.453 e. The summed E-state index contributed by atoms with van der Waals surface area (Å²) < 4.78 is 34.2. The van der Waals surface area contributed by atoms with Gasteiger partial charge >= 0.3 is 0 Å². The van der Waals surface area contributed by atoms with Crippen molar-refractivity contribution in [3.63, 3.8) is 0 Å². The lowest BCUT2D eigenvalue weighted by molar-refractivity contribution is -0.384. The van der Waals surface area contributed by atoms with E-state index in [0.717, 1.165) is 31.0 Å². The molecule has 3 aromatic rings. The number of sulfonamides is 1. The van der Waals surface area contributed by atoms with E-state index in [9.17, 15) is 23.3 Å². The Labute approximate surface area is 221 Å². The Kier molecular flexibility index (Phi) is 7.60. The van der Waals surface area contributed by atoms with Gasteiger partial charge in [-0.15, -0.1) is 0 Å². The second-order valence-corrected chi connectivity index (χ2v) is 10.9. The molecule has 0 atom stereocenters. The first-order valence-electron chi connectivity index (χ1n) is 10.6. The Balaban J connectivity index is 1.57. The van der Waals surface area contributed by atoms with Crippen LogP contribution in [0.5, 0.6) is 11.5 Å². The molecule has 0 spiro atoms. The molecule has 0 unspecified atom stereocenters. The second kappa shape index (κ2) is 10.5. The van der Waals surface area contributed by atoms with Gasteiger partial charge in [-0.25, -0.2) is 8.42 Å². The molecule has 1 saturated carbocycles. The standard InChI is InChI=1S/C23H18Cl3N3O6S/c24-17-9-14(29(31)32)7-8-21(17)35-22-18(25)10-15(11-19(22)26)36(33,34)28-20-4-2-1-3-16(20)23(30)27-12-13-5-6-13/h1-4,7-11,13,28H,5-6,12H2,(H,27,30). The van der Waals surface area contributed by atoms with Crippen molar-refractivity contribution in [2.24, 2.45) is 5.92 Å². The number of amides is 1. The van der Waals surface area contributed by atoms with Gasteiger partial charge in [0.1, 0.15) is 5.75 Å². The third-order valence-corrected chi connectivity index (χ3v) is 7.49. The first-order valence-corrected chi connectivity index (χ1v) is 13.2. The lowest BCUT2D eigenvalue weighted by atomic mass is 10.1. The van der Waals surface area contributed by atoms with Gasteiger partial charge in [0.05, 0.1) is 36.1 Å². The number of nitrogens with zero attached hydrogens (tertiary/aromatic N) is 1. The summed E-state index contributed by atoms with van der Waals surface area (Å²) in [4.78, 5) is 22.6. The number of para-hydroxylation sites is 1. The predicted octanol–water partition coefficient (Wildman–Crippen LogP) is 6.29. The Bertz CT molecular complexity index is 1440. The number of halogens is 3. The van der Waals surface area contributed by atoms with E-state index in [1.807, 2.05) is 0 Å². The number of anilines is 1. The van der Waals surface area contributed by atoms with Crippen molar-refractivity contribution in [3.8, 4) is 11.5 Å². The topological polar surface area (TPSA) is 128 Å². The summed E-state index contributed by atoms with van der Waals surface area (Å²) >= 11 is 18.6. The third kappa shape index (κ3) is 6.01. The molecule has 1 amide bonds. The zero-order valence-corrected chi connectivity index (χ0v) is 21.4. The average molecular weight is 571 g/mol. The number of nitro benzene ring substituents is 1. The van der Waals surface area contributed by atoms with E-state index in [-0.39, 0.29) is 54.3 Å². The van der Waals surface area contributed by atoms with Crippen LogP contribution in [0.3, 0.4) is 0 Å². The summed E-state index contributed by atoms with van der Waals surface area (Å²) in [6.45, 7) is 0.533. The first-order chi connectivity index (χ1) is 17.0. The Hall–Kier alpha value is -3.05. The van der Waals surface area contributed by atoms with Gasteiger partial charge in [-0.2, -0.15) is 0 Å². The van der Waals surface area contributed by atoms with Crippen molar-refractivity contribution in [1.82, 2.24) is 5.32 Å². The van der Waals surface area contributed by atoms with Crippen molar-refractivity contribution in [1.29, 1.82) is 0 Å². The first kappa shape index (κ1) is 26.0. The second-order valence-electron chi connectivity index (χ2n) is 7.99. The predicted molar refractivity (Wildman–Crippen MR) is 137 cm³/mol. The van der Waals surface area contributed by atoms with Crippen molar-refractivity contribution >= 4 is 62.1 Å². The van der Waals surface area contributed by atoms with Gasteiger partial charge in [-0.05, 0) is 49.1 Å². The zero-order valence-electron chi connectivity index (χ0n) is 18.3. The molecule has 36 heavy (non-hydrogen) atoms. The molecule has 188 valence electrons. The molecule has 1 fully saturated rings. The maximum absolute atomic E-state index is 13.1. The van der Waals surface area contributed by atoms with Gasteiger partial charge in [0, 0.05) is 18.7 Å². The summed E-state index contributed by atoms with van der Waals surface area (Å²) in [5.74, 6) is 0.0162. The van der Waals surface area contributed by atoms with Crippen LogP contribution in [-0.4, -0.2) is 25.8 Å². The number of carbonyl (C=O) groups excluding carboxylic acids is 1. The van der Waals surface area contributed by atoms with Crippen molar-refractivity contribution in [3.05, 3.63) is 85.3 Å². The number of nitrogens with one attached hydrogen (secondary N) is 2. The monoisotopic (exact) mass is 569 g/mol. The van der Waals surface area contributed by atoms with Gasteiger partial charge < -0.3 is 10.1 Å². The molecule has 0 radical (unpaired) electrons. The molecule has 3 aromatic carbocycles. The summed E-state index contributed by atoms with van der Waals surface area (Å²) in [7, 11) is -4.20. The summed E-state index contributed by atoms with van der Waals surface area (Å²) in [5, 5.41) is 13.3. The van der Waals surface area contributed by atoms with Crippen LogP contribution in [0.15, 0.2) is 59.5 Å². The Morgan fingerprint density at radius 2 is 1.69 bits per heavy atom. The zero-order chi connectivity index (χ0) is 26.0. The van der Waals surface area contributed by atoms with Crippen LogP contribution in [0, 0.1) is 16.0 Å². The molecule has 1 aliphatic rings. The van der Waals surface area contributed by atoms with Gasteiger partial charge in [0.2, 0.25) is 0 Å². The van der Waals surface area contributed by atoms with Crippen LogP contribution in [-0.2, 0) is 10.0 Å². The van der Waals surface area contributed by atoms with Crippen LogP contribution in [0.25, 0.3) is 0 Å². The summed E-state index contributed by atoms with van der Waals surface area (Å²) in [6, 6.07) is 12.0. The van der Waals surface area contributed by atoms with E-state index in [0.29, 0.717) is 12.5 Å². The maximum Gasteiger partial charge on any atom is 0.271 e. The number of ether oxygens (including phenoxy) is 1. The van der Waals surface area contributed by atoms with Crippen molar-refractivity contribution < 1.29 is 22.9 Å². The van der Waals surface area contributed by atoms with E-state index >= 15 is 0 Å². The molecule has 0 heterocycles. The third-order valence-electron chi connectivity index (χ3n) is 5.28. The number of carbonyl (C=O) groups is 1. The van der Waals surface area contributed by atoms with E-state index in [2.05, 4.69) is 10.0 Å². The molecule has 1 aliphatic carbocycles. The quantitative estimate of drug-likeness (QED) is 0.230. The highest BCUT2D eigenvalue weighted by atomic mass is 35.5. The fourth-order valence-corrected chi connectivity index (χ4v) is 5.25. The number of rotatable bonds is 9. The fourth-order valence-electron chi connectivity index (χ4n) is 3.21. The molecule has 4 rings (SSSR count). The molecule has 9 nitrogen and oxygen atoms in total. The maximum atomic E-state index is 13.1. The van der Waals surface area contributed by atoms with Crippen LogP contribution in [0.1, 0.15) is 23.2 Å². The summed E-state index contributed by atoms with van der Waals surface area (Å²) in [6.07, 6.45) is 2.12. The van der Waals surface area contributed by atoms with Crippen LogP contribution < -0.4 is 14.8 Å².